The van der Waals surface area contributed by atoms with Gasteiger partial charge < -0.3 is 4.57 Å². The lowest BCUT2D eigenvalue weighted by molar-refractivity contribution is 0.178. The molecular weight excluding hydrogens is 316 g/mol. The number of fused-ring (bicyclic) bond motifs is 6. The summed E-state index contributed by atoms with van der Waals surface area (Å²) in [5.74, 6) is 0.720. The molecule has 0 radical (unpaired) electrons. The molecule has 0 saturated carbocycles. The molecule has 0 amide bonds. The molecule has 2 unspecified atom stereocenters. The van der Waals surface area contributed by atoms with Gasteiger partial charge in [0.25, 0.3) is 0 Å². The van der Waals surface area contributed by atoms with Gasteiger partial charge in [-0.2, -0.15) is 0 Å². The molecule has 134 valence electrons. The van der Waals surface area contributed by atoms with Gasteiger partial charge in [-0.3, -0.25) is 4.90 Å². The maximum atomic E-state index is 2.67. The molecule has 1 fully saturated rings. The zero-order valence-corrected chi connectivity index (χ0v) is 16.0. The minimum Gasteiger partial charge on any atom is -0.344 e. The topological polar surface area (TPSA) is 8.17 Å². The molecule has 26 heavy (non-hydrogen) atoms. The van der Waals surface area contributed by atoms with Gasteiger partial charge in [0, 0.05) is 42.1 Å². The lowest BCUT2D eigenvalue weighted by atomic mass is 9.87. The summed E-state index contributed by atoms with van der Waals surface area (Å²) in [6.45, 7) is 9.23. The number of hydrogen-bond donors (Lipinski definition) is 0. The predicted octanol–water partition coefficient (Wildman–Crippen LogP) is 5.19. The normalized spacial score (nSPS) is 21.8. The smallest absolute Gasteiger partial charge is 0.0486 e. The highest BCUT2D eigenvalue weighted by Gasteiger charge is 2.33. The van der Waals surface area contributed by atoms with Crippen LogP contribution in [0.3, 0.4) is 0 Å². The summed E-state index contributed by atoms with van der Waals surface area (Å²) in [7, 11) is 0. The van der Waals surface area contributed by atoms with Crippen molar-refractivity contribution in [3.63, 3.8) is 0 Å². The van der Waals surface area contributed by atoms with Crippen molar-refractivity contribution in [2.45, 2.75) is 52.1 Å². The first-order valence-electron chi connectivity index (χ1n) is 10.1. The first kappa shape index (κ1) is 16.1. The van der Waals surface area contributed by atoms with Crippen LogP contribution >= 0.6 is 0 Å². The standard InChI is InChI=1S/C24H28N2/c1-17-9-10-23-21(14-17)22-16-25-12-5-8-20(15-25)24(22)26(23)13-11-19-7-4-3-6-18(19)2/h3-4,6-7,9-10,14,20H,5,8,11-13,15-16H2,1-2H3. The minimum atomic E-state index is 0.720. The number of piperidine rings is 1. The highest BCUT2D eigenvalue weighted by Crippen LogP contribution is 2.41. The van der Waals surface area contributed by atoms with E-state index >= 15 is 0 Å². The van der Waals surface area contributed by atoms with Crippen molar-refractivity contribution in [1.82, 2.24) is 9.47 Å². The van der Waals surface area contributed by atoms with Gasteiger partial charge in [-0.25, -0.2) is 0 Å². The largest absolute Gasteiger partial charge is 0.344 e. The van der Waals surface area contributed by atoms with Gasteiger partial charge in [0.15, 0.2) is 0 Å². The maximum absolute atomic E-state index is 2.67. The third-order valence-corrected chi connectivity index (χ3v) is 6.51. The van der Waals surface area contributed by atoms with Gasteiger partial charge in [-0.05, 0) is 68.5 Å². The SMILES string of the molecule is Cc1ccc2c(c1)c1c(n2CCc2ccccc2C)C2CCCN(C1)C2. The first-order chi connectivity index (χ1) is 12.7. The minimum absolute atomic E-state index is 0.720. The number of nitrogens with zero attached hydrogens (tertiary/aromatic N) is 2. The Morgan fingerprint density at radius 2 is 1.96 bits per heavy atom. The zero-order valence-electron chi connectivity index (χ0n) is 16.0. The van der Waals surface area contributed by atoms with Crippen molar-refractivity contribution in [3.8, 4) is 0 Å². The van der Waals surface area contributed by atoms with E-state index < -0.39 is 0 Å². The molecule has 2 nitrogen and oxygen atoms in total. The van der Waals surface area contributed by atoms with Gasteiger partial charge in [0.05, 0.1) is 0 Å². The van der Waals surface area contributed by atoms with Gasteiger partial charge in [0.2, 0.25) is 0 Å². The number of aryl methyl sites for hydroxylation is 4. The molecule has 3 aromatic rings. The van der Waals surface area contributed by atoms with Gasteiger partial charge in [0.1, 0.15) is 0 Å². The summed E-state index contributed by atoms with van der Waals surface area (Å²) >= 11 is 0. The Balaban J connectivity index is 1.61. The average molecular weight is 345 g/mol. The molecule has 0 spiro atoms. The molecular formula is C24H28N2. The fourth-order valence-corrected chi connectivity index (χ4v) is 5.20. The van der Waals surface area contributed by atoms with Crippen LogP contribution in [0.25, 0.3) is 10.9 Å². The Labute approximate surface area is 156 Å². The summed E-state index contributed by atoms with van der Waals surface area (Å²) in [5, 5.41) is 1.50. The van der Waals surface area contributed by atoms with Crippen LogP contribution in [0.1, 0.15) is 46.7 Å². The summed E-state index contributed by atoms with van der Waals surface area (Å²) in [6, 6.07) is 15.9. The average Bonchev–Trinajstić information content (AvgIpc) is 2.94. The molecule has 3 heterocycles. The first-order valence-corrected chi connectivity index (χ1v) is 10.1. The van der Waals surface area contributed by atoms with E-state index in [4.69, 9.17) is 0 Å². The van der Waals surface area contributed by atoms with Crippen molar-refractivity contribution in [1.29, 1.82) is 0 Å². The molecule has 0 N–H and O–H groups in total. The molecule has 2 aliphatic heterocycles. The van der Waals surface area contributed by atoms with E-state index in [0.717, 1.165) is 25.4 Å². The van der Waals surface area contributed by atoms with Crippen LogP contribution in [-0.4, -0.2) is 22.6 Å². The second kappa shape index (κ2) is 6.28. The van der Waals surface area contributed by atoms with E-state index in [1.807, 2.05) is 0 Å². The van der Waals surface area contributed by atoms with E-state index in [1.54, 1.807) is 11.3 Å². The molecule has 2 heteroatoms. The molecule has 5 rings (SSSR count). The molecule has 2 aliphatic rings. The van der Waals surface area contributed by atoms with Crippen molar-refractivity contribution in [3.05, 3.63) is 70.4 Å². The molecule has 2 atom stereocenters. The Morgan fingerprint density at radius 1 is 1.08 bits per heavy atom. The summed E-state index contributed by atoms with van der Waals surface area (Å²) < 4.78 is 2.67. The molecule has 1 aromatic heterocycles. The number of rotatable bonds is 3. The highest BCUT2D eigenvalue weighted by molar-refractivity contribution is 5.87. The molecule has 2 aromatic carbocycles. The molecule has 0 aliphatic carbocycles. The monoisotopic (exact) mass is 344 g/mol. The Bertz CT molecular complexity index is 966. The summed E-state index contributed by atoms with van der Waals surface area (Å²) in [5.41, 5.74) is 8.98. The van der Waals surface area contributed by atoms with Crippen LogP contribution in [0.15, 0.2) is 42.5 Å². The van der Waals surface area contributed by atoms with Crippen LogP contribution in [0.2, 0.25) is 0 Å². The number of hydrogen-bond acceptors (Lipinski definition) is 1. The second-order valence-corrected chi connectivity index (χ2v) is 8.29. The van der Waals surface area contributed by atoms with Crippen LogP contribution in [0, 0.1) is 13.8 Å². The van der Waals surface area contributed by atoms with Crippen molar-refractivity contribution < 1.29 is 0 Å². The third kappa shape index (κ3) is 2.59. The van der Waals surface area contributed by atoms with Crippen LogP contribution in [-0.2, 0) is 19.5 Å². The van der Waals surface area contributed by atoms with E-state index in [1.165, 1.54) is 53.5 Å². The number of benzene rings is 2. The quantitative estimate of drug-likeness (QED) is 0.634. The zero-order chi connectivity index (χ0) is 17.7. The second-order valence-electron chi connectivity index (χ2n) is 8.29. The number of aromatic nitrogens is 1. The van der Waals surface area contributed by atoms with Crippen LogP contribution in [0.5, 0.6) is 0 Å². The molecule has 1 saturated heterocycles. The lowest BCUT2D eigenvalue weighted by Crippen LogP contribution is -2.39. The lowest BCUT2D eigenvalue weighted by Gasteiger charge is -2.38. The summed E-state index contributed by atoms with van der Waals surface area (Å²) in [4.78, 5) is 2.67. The maximum Gasteiger partial charge on any atom is 0.0486 e. The van der Waals surface area contributed by atoms with Gasteiger partial charge in [-0.15, -0.1) is 0 Å². The Hall–Kier alpha value is -2.06. The Morgan fingerprint density at radius 3 is 2.85 bits per heavy atom. The van der Waals surface area contributed by atoms with Gasteiger partial charge in [-0.1, -0.05) is 35.9 Å². The van der Waals surface area contributed by atoms with Crippen LogP contribution < -0.4 is 0 Å². The fraction of sp³-hybridized carbons (Fsp3) is 0.417. The summed E-state index contributed by atoms with van der Waals surface area (Å²) in [6.07, 6.45) is 3.82. The van der Waals surface area contributed by atoms with Crippen LogP contribution in [0.4, 0.5) is 0 Å². The van der Waals surface area contributed by atoms with E-state index in [-0.39, 0.29) is 0 Å². The van der Waals surface area contributed by atoms with E-state index in [0.29, 0.717) is 0 Å². The van der Waals surface area contributed by atoms with Gasteiger partial charge >= 0.3 is 0 Å². The van der Waals surface area contributed by atoms with Crippen molar-refractivity contribution >= 4 is 10.9 Å². The van der Waals surface area contributed by atoms with E-state index in [2.05, 4.69) is 65.8 Å². The van der Waals surface area contributed by atoms with E-state index in [9.17, 15) is 0 Å². The predicted molar refractivity (Wildman–Crippen MR) is 109 cm³/mol. The Kier molecular flexibility index (Phi) is 3.90. The fourth-order valence-electron chi connectivity index (χ4n) is 5.20. The third-order valence-electron chi connectivity index (χ3n) is 6.51. The molecule has 2 bridgehead atoms. The van der Waals surface area contributed by atoms with Crippen molar-refractivity contribution in [2.24, 2.45) is 0 Å². The highest BCUT2D eigenvalue weighted by atomic mass is 15.2. The van der Waals surface area contributed by atoms with Crippen molar-refractivity contribution in [2.75, 3.05) is 13.1 Å².